The second kappa shape index (κ2) is 6.30. The van der Waals surface area contributed by atoms with E-state index in [9.17, 15) is 14.6 Å². The molecule has 0 amide bonds. The summed E-state index contributed by atoms with van der Waals surface area (Å²) >= 11 is 0. The number of aryl methyl sites for hydroxylation is 1. The molecule has 4 aromatic rings. The standard InChI is InChI=1S/C21H16FN3O4/c1-11-4-5-25-18(6-11)24-19(12-7-14(22)20(27)15(26)8-12)21(25)23-13-2-3-16-17(9-13)29-10-28-16/h2-9,23,26-27H,10H2,1H3. The molecule has 3 heterocycles. The molecule has 0 fully saturated rings. The third kappa shape index (κ3) is 2.85. The fraction of sp³-hybridized carbons (Fsp3) is 0.0952. The minimum Gasteiger partial charge on any atom is -0.504 e. The molecule has 146 valence electrons. The topological polar surface area (TPSA) is 88.2 Å². The van der Waals surface area contributed by atoms with Gasteiger partial charge >= 0.3 is 0 Å². The van der Waals surface area contributed by atoms with Gasteiger partial charge in [-0.3, -0.25) is 4.40 Å². The van der Waals surface area contributed by atoms with Gasteiger partial charge in [0.1, 0.15) is 17.2 Å². The Balaban J connectivity index is 1.68. The van der Waals surface area contributed by atoms with Gasteiger partial charge in [-0.1, -0.05) is 0 Å². The van der Waals surface area contributed by atoms with Gasteiger partial charge in [-0.2, -0.15) is 0 Å². The minimum absolute atomic E-state index is 0.172. The number of halogens is 1. The lowest BCUT2D eigenvalue weighted by molar-refractivity contribution is 0.174. The number of phenolic OH excluding ortho intramolecular Hbond substituents is 2. The second-order valence-electron chi connectivity index (χ2n) is 6.76. The van der Waals surface area contributed by atoms with Gasteiger partial charge in [0, 0.05) is 23.5 Å². The molecule has 0 aliphatic carbocycles. The first-order valence-electron chi connectivity index (χ1n) is 8.87. The average Bonchev–Trinajstić information content (AvgIpc) is 3.30. The number of rotatable bonds is 3. The van der Waals surface area contributed by atoms with Crippen molar-refractivity contribution in [1.29, 1.82) is 0 Å². The number of imidazole rings is 1. The van der Waals surface area contributed by atoms with Crippen LogP contribution >= 0.6 is 0 Å². The Morgan fingerprint density at radius 1 is 1.07 bits per heavy atom. The van der Waals surface area contributed by atoms with Gasteiger partial charge in [0.05, 0.1) is 0 Å². The number of aromatic hydroxyl groups is 2. The molecular formula is C21H16FN3O4. The fourth-order valence-electron chi connectivity index (χ4n) is 3.30. The molecule has 0 bridgehead atoms. The van der Waals surface area contributed by atoms with E-state index in [1.807, 2.05) is 35.7 Å². The smallest absolute Gasteiger partial charge is 0.231 e. The molecule has 3 N–H and O–H groups in total. The lowest BCUT2D eigenvalue weighted by atomic mass is 10.1. The quantitative estimate of drug-likeness (QED) is 0.449. The van der Waals surface area contributed by atoms with Crippen LogP contribution in [-0.2, 0) is 0 Å². The number of hydrogen-bond acceptors (Lipinski definition) is 6. The molecule has 0 saturated carbocycles. The van der Waals surface area contributed by atoms with Crippen molar-refractivity contribution in [1.82, 2.24) is 9.38 Å². The van der Waals surface area contributed by atoms with E-state index >= 15 is 0 Å². The van der Waals surface area contributed by atoms with Gasteiger partial charge in [-0.05, 0) is 48.9 Å². The number of hydrogen-bond donors (Lipinski definition) is 3. The molecule has 0 spiro atoms. The summed E-state index contributed by atoms with van der Waals surface area (Å²) in [6, 6.07) is 11.7. The largest absolute Gasteiger partial charge is 0.504 e. The third-order valence-corrected chi connectivity index (χ3v) is 4.73. The van der Waals surface area contributed by atoms with Crippen LogP contribution in [0.3, 0.4) is 0 Å². The first-order valence-corrected chi connectivity index (χ1v) is 8.87. The Hall–Kier alpha value is -3.94. The number of nitrogens with zero attached hydrogens (tertiary/aromatic N) is 2. The van der Waals surface area contributed by atoms with Crippen molar-refractivity contribution in [3.63, 3.8) is 0 Å². The second-order valence-corrected chi connectivity index (χ2v) is 6.76. The molecule has 0 atom stereocenters. The Bertz CT molecular complexity index is 1250. The van der Waals surface area contributed by atoms with Crippen molar-refractivity contribution in [2.45, 2.75) is 6.92 Å². The lowest BCUT2D eigenvalue weighted by Crippen LogP contribution is -1.97. The van der Waals surface area contributed by atoms with Gasteiger partial charge in [0.15, 0.2) is 28.8 Å². The monoisotopic (exact) mass is 393 g/mol. The number of ether oxygens (including phenoxy) is 2. The van der Waals surface area contributed by atoms with Crippen molar-refractivity contribution in [2.24, 2.45) is 0 Å². The summed E-state index contributed by atoms with van der Waals surface area (Å²) in [5.41, 5.74) is 3.13. The molecule has 5 rings (SSSR count). The predicted molar refractivity (Wildman–Crippen MR) is 105 cm³/mol. The van der Waals surface area contributed by atoms with Crippen LogP contribution in [0, 0.1) is 12.7 Å². The zero-order chi connectivity index (χ0) is 20.1. The maximum Gasteiger partial charge on any atom is 0.231 e. The Labute approximate surface area is 164 Å². The SMILES string of the molecule is Cc1ccn2c(Nc3ccc4c(c3)OCO4)c(-c3cc(O)c(O)c(F)c3)nc2c1. The van der Waals surface area contributed by atoms with Gasteiger partial charge in [0.2, 0.25) is 6.79 Å². The molecule has 29 heavy (non-hydrogen) atoms. The first kappa shape index (κ1) is 17.2. The van der Waals surface area contributed by atoms with Crippen LogP contribution < -0.4 is 14.8 Å². The zero-order valence-electron chi connectivity index (χ0n) is 15.3. The van der Waals surface area contributed by atoms with Crippen molar-refractivity contribution in [2.75, 3.05) is 12.1 Å². The van der Waals surface area contributed by atoms with E-state index in [4.69, 9.17) is 9.47 Å². The molecule has 0 unspecified atom stereocenters. The molecule has 1 aliphatic rings. The van der Waals surface area contributed by atoms with Crippen molar-refractivity contribution in [3.05, 3.63) is 60.0 Å². The van der Waals surface area contributed by atoms with Crippen LogP contribution in [0.15, 0.2) is 48.7 Å². The van der Waals surface area contributed by atoms with Crippen LogP contribution in [0.4, 0.5) is 15.9 Å². The van der Waals surface area contributed by atoms with E-state index in [-0.39, 0.29) is 6.79 Å². The van der Waals surface area contributed by atoms with Gasteiger partial charge in [-0.15, -0.1) is 0 Å². The molecule has 1 aliphatic heterocycles. The van der Waals surface area contributed by atoms with Crippen LogP contribution in [0.25, 0.3) is 16.9 Å². The zero-order valence-corrected chi connectivity index (χ0v) is 15.3. The highest BCUT2D eigenvalue weighted by molar-refractivity contribution is 5.81. The highest BCUT2D eigenvalue weighted by atomic mass is 19.1. The molecule has 8 heteroatoms. The number of aromatic nitrogens is 2. The number of pyridine rings is 1. The van der Waals surface area contributed by atoms with E-state index < -0.39 is 17.3 Å². The first-order chi connectivity index (χ1) is 14.0. The summed E-state index contributed by atoms with van der Waals surface area (Å²) in [6.07, 6.45) is 1.85. The van der Waals surface area contributed by atoms with Gasteiger partial charge in [-0.25, -0.2) is 9.37 Å². The van der Waals surface area contributed by atoms with E-state index in [0.717, 1.165) is 17.3 Å². The molecule has 7 nitrogen and oxygen atoms in total. The average molecular weight is 393 g/mol. The van der Waals surface area contributed by atoms with Crippen molar-refractivity contribution in [3.8, 4) is 34.3 Å². The number of phenols is 2. The Morgan fingerprint density at radius 3 is 2.72 bits per heavy atom. The highest BCUT2D eigenvalue weighted by Crippen LogP contribution is 2.39. The maximum absolute atomic E-state index is 14.1. The summed E-state index contributed by atoms with van der Waals surface area (Å²) in [5, 5.41) is 22.7. The van der Waals surface area contributed by atoms with E-state index in [1.165, 1.54) is 6.07 Å². The van der Waals surface area contributed by atoms with Gasteiger partial charge < -0.3 is 25.0 Å². The van der Waals surface area contributed by atoms with Crippen LogP contribution in [-0.4, -0.2) is 26.4 Å². The summed E-state index contributed by atoms with van der Waals surface area (Å²) in [5.74, 6) is -0.420. The van der Waals surface area contributed by atoms with E-state index in [2.05, 4.69) is 10.3 Å². The van der Waals surface area contributed by atoms with Crippen molar-refractivity contribution < 1.29 is 24.1 Å². The van der Waals surface area contributed by atoms with Crippen LogP contribution in [0.5, 0.6) is 23.0 Å². The highest BCUT2D eigenvalue weighted by Gasteiger charge is 2.20. The number of anilines is 2. The molecule has 0 saturated heterocycles. The molecular weight excluding hydrogens is 377 g/mol. The number of nitrogens with one attached hydrogen (secondary N) is 1. The summed E-state index contributed by atoms with van der Waals surface area (Å²) in [6.45, 7) is 2.12. The Kier molecular flexibility index (Phi) is 3.73. The van der Waals surface area contributed by atoms with E-state index in [0.29, 0.717) is 34.2 Å². The number of benzene rings is 2. The van der Waals surface area contributed by atoms with Gasteiger partial charge in [0.25, 0.3) is 0 Å². The summed E-state index contributed by atoms with van der Waals surface area (Å²) in [4.78, 5) is 4.61. The molecule has 2 aromatic carbocycles. The summed E-state index contributed by atoms with van der Waals surface area (Å²) in [7, 11) is 0. The maximum atomic E-state index is 14.1. The van der Waals surface area contributed by atoms with Crippen LogP contribution in [0.2, 0.25) is 0 Å². The molecule has 2 aromatic heterocycles. The lowest BCUT2D eigenvalue weighted by Gasteiger charge is -2.10. The number of fused-ring (bicyclic) bond motifs is 2. The predicted octanol–water partition coefficient (Wildman–Crippen LogP) is 4.33. The normalized spacial score (nSPS) is 12.5. The third-order valence-electron chi connectivity index (χ3n) is 4.73. The Morgan fingerprint density at radius 2 is 1.90 bits per heavy atom. The summed E-state index contributed by atoms with van der Waals surface area (Å²) < 4.78 is 26.7. The fourth-order valence-corrected chi connectivity index (χ4v) is 3.30. The van der Waals surface area contributed by atoms with E-state index in [1.54, 1.807) is 12.1 Å². The minimum atomic E-state index is -0.928. The molecule has 0 radical (unpaired) electrons. The van der Waals surface area contributed by atoms with Crippen molar-refractivity contribution >= 4 is 17.2 Å². The van der Waals surface area contributed by atoms with Crippen LogP contribution in [0.1, 0.15) is 5.56 Å².